The van der Waals surface area contributed by atoms with Crippen molar-refractivity contribution in [1.29, 1.82) is 0 Å². The van der Waals surface area contributed by atoms with E-state index >= 15 is 0 Å². The Hall–Kier alpha value is -3.76. The number of carbonyl (C=O) groups excluding carboxylic acids is 6. The van der Waals surface area contributed by atoms with Crippen molar-refractivity contribution in [2.24, 2.45) is 46.3 Å². The van der Waals surface area contributed by atoms with E-state index in [1.54, 1.807) is 0 Å². The second-order valence-corrected chi connectivity index (χ2v) is 19.8. The number of allylic oxidation sites excluding steroid dienone is 1. The van der Waals surface area contributed by atoms with Gasteiger partial charge in [-0.05, 0) is 111 Å². The van der Waals surface area contributed by atoms with E-state index in [0.717, 1.165) is 59.2 Å². The number of nitrogens with one attached hydrogen (secondary N) is 1. The number of fused-ring (bicyclic) bond motifs is 5. The molecule has 4 rings (SSSR count). The Bertz CT molecular complexity index is 1520. The number of ether oxygens (including phenoxy) is 1. The van der Waals surface area contributed by atoms with Crippen LogP contribution in [0.25, 0.3) is 0 Å². The number of hydrogen-bond acceptors (Lipinski definition) is 15. The number of aliphatic carboxylic acids is 5. The fraction of sp³-hybridized carbons (Fsp3) is 0.826. The van der Waals surface area contributed by atoms with Gasteiger partial charge in [0.2, 0.25) is 0 Å². The number of amides is 1. The zero-order valence-corrected chi connectivity index (χ0v) is 37.7. The van der Waals surface area contributed by atoms with Gasteiger partial charge in [-0.2, -0.15) is 0 Å². The Kier molecular flexibility index (Phi) is 19.1. The quantitative estimate of drug-likeness (QED) is 0.0793. The van der Waals surface area contributed by atoms with Gasteiger partial charge in [0.15, 0.2) is 0 Å². The van der Waals surface area contributed by atoms with Crippen LogP contribution in [0.3, 0.4) is 0 Å². The van der Waals surface area contributed by atoms with Gasteiger partial charge in [0.05, 0.1) is 29.8 Å². The Morgan fingerprint density at radius 3 is 1.87 bits per heavy atom. The molecule has 9 atom stereocenters. The van der Waals surface area contributed by atoms with E-state index in [1.165, 1.54) is 55.4 Å². The van der Waals surface area contributed by atoms with E-state index in [1.807, 2.05) is 0 Å². The van der Waals surface area contributed by atoms with Gasteiger partial charge in [-0.25, -0.2) is 4.79 Å². The summed E-state index contributed by atoms with van der Waals surface area (Å²) in [5, 5.41) is 60.0. The van der Waals surface area contributed by atoms with Crippen LogP contribution in [0.4, 0.5) is 4.79 Å². The summed E-state index contributed by atoms with van der Waals surface area (Å²) in [4.78, 5) is 73.5. The third kappa shape index (κ3) is 14.1. The van der Waals surface area contributed by atoms with E-state index in [9.17, 15) is 54.3 Å². The van der Waals surface area contributed by atoms with Crippen molar-refractivity contribution in [3.63, 3.8) is 0 Å². The van der Waals surface area contributed by atoms with Gasteiger partial charge in [-0.3, -0.25) is 14.7 Å². The summed E-state index contributed by atoms with van der Waals surface area (Å²) in [6.45, 7) is 8.37. The molecule has 0 aliphatic heterocycles. The smallest absolute Gasteiger partial charge is 0.407 e. The van der Waals surface area contributed by atoms with Gasteiger partial charge in [0.25, 0.3) is 0 Å². The number of unbranched alkanes of at least 4 members (excludes halogenated alkanes) is 1. The van der Waals surface area contributed by atoms with Crippen LogP contribution in [-0.2, 0) is 28.7 Å². The molecule has 0 aromatic carbocycles. The molecule has 0 radical (unpaired) electrons. The first-order chi connectivity index (χ1) is 29.2. The number of hydrogen-bond donors (Lipinski definition) is 1. The average Bonchev–Trinajstić information content (AvgIpc) is 3.52. The third-order valence-electron chi connectivity index (χ3n) is 15.2. The van der Waals surface area contributed by atoms with Crippen molar-refractivity contribution in [2.45, 2.75) is 137 Å². The Balaban J connectivity index is 1.28. The minimum absolute atomic E-state index is 0.00346. The predicted octanol–water partition coefficient (Wildman–Crippen LogP) is -0.683. The summed E-state index contributed by atoms with van der Waals surface area (Å²) < 4.78 is 5.92. The zero-order valence-electron chi connectivity index (χ0n) is 37.7. The van der Waals surface area contributed by atoms with Gasteiger partial charge in [-0.15, -0.1) is 0 Å². The molecule has 1 unspecified atom stereocenters. The molecule has 0 aromatic rings. The molecule has 0 spiro atoms. The highest BCUT2D eigenvalue weighted by atomic mass is 16.6. The number of carboxylic acids is 5. The lowest BCUT2D eigenvalue weighted by atomic mass is 9.47. The number of carbonyl (C=O) groups is 6. The number of rotatable bonds is 27. The Morgan fingerprint density at radius 1 is 0.726 bits per heavy atom. The molecule has 352 valence electrons. The van der Waals surface area contributed by atoms with Gasteiger partial charge in [-0.1, -0.05) is 65.5 Å². The Morgan fingerprint density at radius 2 is 1.32 bits per heavy atom. The first kappa shape index (κ1) is 50.9. The summed E-state index contributed by atoms with van der Waals surface area (Å²) in [6.07, 6.45) is 15.2. The lowest BCUT2D eigenvalue weighted by molar-refractivity contribution is -0.314. The molecule has 3 fully saturated rings. The molecule has 4 aliphatic rings. The van der Waals surface area contributed by atoms with Crippen LogP contribution < -0.4 is 30.8 Å². The summed E-state index contributed by atoms with van der Waals surface area (Å²) in [6, 6.07) is -1.31. The summed E-state index contributed by atoms with van der Waals surface area (Å²) in [5.74, 6) is -3.32. The first-order valence-corrected chi connectivity index (χ1v) is 23.1. The molecule has 0 aromatic heterocycles. The van der Waals surface area contributed by atoms with Crippen LogP contribution >= 0.6 is 0 Å². The molecule has 62 heavy (non-hydrogen) atoms. The minimum atomic E-state index is -1.57. The standard InChI is InChI=1S/C46H76N4O12/c1-30(2)9-8-10-31(3)35-14-15-36-34-13-12-32-25-33(16-18-45(32,4)37(34)17-19-46(35,36)5)62-44(61)47-20-7-6-11-38(43(59)60)50(23-21-48(26-39(51)52)27-40(53)54)24-22-49(28-41(55)56)29-42(57)58/h12,30-31,33-38H,6-11,13-29H2,1-5H3,(H,47,61)(H,51,52)(H,53,54)(H,55,56)(H,57,58)(H,59,60)/p-5/t31-,33?,34+,35-,36+,37+,38-,45+,46-/m1/s1. The summed E-state index contributed by atoms with van der Waals surface area (Å²) >= 11 is 0. The highest BCUT2D eigenvalue weighted by Crippen LogP contribution is 2.67. The molecule has 1 amide bonds. The van der Waals surface area contributed by atoms with Crippen molar-refractivity contribution in [3.8, 4) is 0 Å². The highest BCUT2D eigenvalue weighted by molar-refractivity contribution is 5.72. The fourth-order valence-corrected chi connectivity index (χ4v) is 12.2. The van der Waals surface area contributed by atoms with Crippen molar-refractivity contribution in [2.75, 3.05) is 58.9 Å². The number of carboxylic acid groups (broad SMARTS) is 5. The molecule has 3 saturated carbocycles. The summed E-state index contributed by atoms with van der Waals surface area (Å²) in [5.41, 5.74) is 1.95. The lowest BCUT2D eigenvalue weighted by Gasteiger charge is -2.58. The van der Waals surface area contributed by atoms with Gasteiger partial charge in [0.1, 0.15) is 6.10 Å². The molecular weight excluding hydrogens is 801 g/mol. The van der Waals surface area contributed by atoms with E-state index < -0.39 is 68.2 Å². The molecule has 1 N–H and O–H groups in total. The third-order valence-corrected chi connectivity index (χ3v) is 15.2. The highest BCUT2D eigenvalue weighted by Gasteiger charge is 2.59. The molecule has 16 nitrogen and oxygen atoms in total. The molecule has 0 bridgehead atoms. The topological polar surface area (TPSA) is 249 Å². The second kappa shape index (κ2) is 23.3. The number of nitrogens with zero attached hydrogens (tertiary/aromatic N) is 3. The van der Waals surface area contributed by atoms with Crippen LogP contribution in [0.5, 0.6) is 0 Å². The van der Waals surface area contributed by atoms with Crippen LogP contribution in [0.15, 0.2) is 11.6 Å². The number of alkyl carbamates (subject to hydrolysis) is 1. The van der Waals surface area contributed by atoms with Crippen molar-refractivity contribution < 1.29 is 59.0 Å². The zero-order chi connectivity index (χ0) is 45.8. The monoisotopic (exact) mass is 872 g/mol. The van der Waals surface area contributed by atoms with Gasteiger partial charge in [0, 0.05) is 71.4 Å². The molecule has 4 aliphatic carbocycles. The normalized spacial score (nSPS) is 27.8. The molecule has 16 heteroatoms. The van der Waals surface area contributed by atoms with Crippen LogP contribution in [0.2, 0.25) is 0 Å². The average molecular weight is 872 g/mol. The van der Waals surface area contributed by atoms with Crippen LogP contribution in [0.1, 0.15) is 125 Å². The molecule has 0 saturated heterocycles. The maximum absolute atomic E-state index is 13.0. The van der Waals surface area contributed by atoms with Crippen molar-refractivity contribution >= 4 is 35.9 Å². The fourth-order valence-electron chi connectivity index (χ4n) is 12.2. The van der Waals surface area contributed by atoms with Crippen molar-refractivity contribution in [3.05, 3.63) is 11.6 Å². The van der Waals surface area contributed by atoms with Crippen molar-refractivity contribution in [1.82, 2.24) is 20.0 Å². The SMILES string of the molecule is CC(C)CCC[C@@H](C)[C@H]1CC[C@H]2[C@@H]3CC=C4CC(OC(=O)NCCCC[C@H](C(=O)[O-])N(CCN(CC(=O)[O-])CC(=O)[O-])CCN(CC(=O)[O-])CC(=O)[O-])CC[C@]4(C)[C@H]3CC[C@]12C. The van der Waals surface area contributed by atoms with E-state index in [0.29, 0.717) is 23.7 Å². The Labute approximate surface area is 367 Å². The van der Waals surface area contributed by atoms with E-state index in [4.69, 9.17) is 4.74 Å². The maximum atomic E-state index is 13.0. The predicted molar refractivity (Wildman–Crippen MR) is 218 cm³/mol. The first-order valence-electron chi connectivity index (χ1n) is 23.1. The van der Waals surface area contributed by atoms with E-state index in [-0.39, 0.29) is 57.1 Å². The lowest BCUT2D eigenvalue weighted by Crippen LogP contribution is -2.54. The van der Waals surface area contributed by atoms with E-state index in [2.05, 4.69) is 46.0 Å². The second-order valence-electron chi connectivity index (χ2n) is 19.8. The van der Waals surface area contributed by atoms with Gasteiger partial charge < -0.3 is 59.6 Å². The molecular formula is C46H71N4O12-5. The van der Waals surface area contributed by atoms with Gasteiger partial charge >= 0.3 is 6.09 Å². The maximum Gasteiger partial charge on any atom is 0.407 e. The molecule has 0 heterocycles. The summed E-state index contributed by atoms with van der Waals surface area (Å²) in [7, 11) is 0. The van der Waals surface area contributed by atoms with Crippen LogP contribution in [-0.4, -0.2) is 122 Å². The van der Waals surface area contributed by atoms with Crippen LogP contribution in [0, 0.1) is 46.3 Å². The minimum Gasteiger partial charge on any atom is -0.549 e. The largest absolute Gasteiger partial charge is 0.549 e.